The molecule has 1 unspecified atom stereocenters. The van der Waals surface area contributed by atoms with Crippen LogP contribution in [0.25, 0.3) is 11.0 Å². The van der Waals surface area contributed by atoms with Crippen LogP contribution in [-0.4, -0.2) is 21.3 Å². The molecule has 0 aliphatic heterocycles. The average Bonchev–Trinajstić information content (AvgIpc) is 3.44. The Kier molecular flexibility index (Phi) is 8.20. The van der Waals surface area contributed by atoms with Crippen LogP contribution in [0.2, 0.25) is 0 Å². The van der Waals surface area contributed by atoms with Crippen LogP contribution in [0.1, 0.15) is 55.0 Å². The molecule has 0 saturated heterocycles. The Balaban J connectivity index is 0.00000306. The molecule has 1 saturated carbocycles. The van der Waals surface area contributed by atoms with Gasteiger partial charge in [-0.15, -0.1) is 12.4 Å². The predicted octanol–water partition coefficient (Wildman–Crippen LogP) is 5.51. The van der Waals surface area contributed by atoms with E-state index in [-0.39, 0.29) is 29.2 Å². The van der Waals surface area contributed by atoms with Gasteiger partial charge in [-0.05, 0) is 66.6 Å². The van der Waals surface area contributed by atoms with Crippen molar-refractivity contribution in [2.75, 3.05) is 5.32 Å². The third kappa shape index (κ3) is 5.59. The molecule has 0 spiro atoms. The molecule has 1 aliphatic carbocycles. The van der Waals surface area contributed by atoms with Gasteiger partial charge in [0.2, 0.25) is 0 Å². The van der Waals surface area contributed by atoms with Crippen molar-refractivity contribution in [3.05, 3.63) is 64.4 Å². The van der Waals surface area contributed by atoms with Crippen LogP contribution in [0.5, 0.6) is 0 Å². The fourth-order valence-electron chi connectivity index (χ4n) is 4.76. The third-order valence-corrected chi connectivity index (χ3v) is 6.78. The molecule has 6 nitrogen and oxygen atoms in total. The molecule has 8 heteroatoms. The normalized spacial score (nSPS) is 14.5. The molecule has 174 valence electrons. The Morgan fingerprint density at radius 1 is 1.27 bits per heavy atom. The average molecular weight is 486 g/mol. The van der Waals surface area contributed by atoms with E-state index in [4.69, 9.17) is 27.7 Å². The van der Waals surface area contributed by atoms with Crippen LogP contribution in [-0.2, 0) is 18.4 Å². The van der Waals surface area contributed by atoms with Gasteiger partial charge in [0, 0.05) is 24.7 Å². The van der Waals surface area contributed by atoms with Gasteiger partial charge in [0.25, 0.3) is 0 Å². The van der Waals surface area contributed by atoms with E-state index < -0.39 is 0 Å². The number of halogens is 2. The predicted molar refractivity (Wildman–Crippen MR) is 137 cm³/mol. The second-order valence-electron chi connectivity index (χ2n) is 8.54. The van der Waals surface area contributed by atoms with E-state index in [0.29, 0.717) is 24.4 Å². The number of fused-ring (bicyclic) bond motifs is 1. The number of aromatic nitrogens is 2. The molecule has 4 rings (SSSR count). The maximum atomic E-state index is 11.1. The largest absolute Gasteiger partial charge is 0.384 e. The Morgan fingerprint density at radius 3 is 2.61 bits per heavy atom. The number of nitrogens with zero attached hydrogens (tertiary/aromatic N) is 2. The quantitative estimate of drug-likeness (QED) is 0.222. The van der Waals surface area contributed by atoms with E-state index in [1.54, 1.807) is 0 Å². The zero-order chi connectivity index (χ0) is 22.7. The highest BCUT2D eigenvalue weighted by Gasteiger charge is 2.27. The lowest BCUT2D eigenvalue weighted by molar-refractivity contribution is 0.434. The van der Waals surface area contributed by atoms with Gasteiger partial charge < -0.3 is 15.6 Å². The fourth-order valence-corrected chi connectivity index (χ4v) is 4.92. The first-order valence-electron chi connectivity index (χ1n) is 11.0. The van der Waals surface area contributed by atoms with Crippen LogP contribution in [0.3, 0.4) is 0 Å². The van der Waals surface area contributed by atoms with Gasteiger partial charge >= 0.3 is 0 Å². The maximum Gasteiger partial charge on any atom is 0.140 e. The van der Waals surface area contributed by atoms with Crippen molar-refractivity contribution in [3.8, 4) is 0 Å². The lowest BCUT2D eigenvalue weighted by Crippen LogP contribution is -2.11. The summed E-state index contributed by atoms with van der Waals surface area (Å²) in [6.45, 7) is 0.575. The minimum atomic E-state index is 0. The summed E-state index contributed by atoms with van der Waals surface area (Å²) in [5, 5.41) is 11.2. The second kappa shape index (κ2) is 10.9. The Bertz CT molecular complexity index is 1180. The lowest BCUT2D eigenvalue weighted by atomic mass is 9.82. The smallest absolute Gasteiger partial charge is 0.140 e. The van der Waals surface area contributed by atoms with E-state index in [9.17, 15) is 4.79 Å². The molecule has 2 aromatic carbocycles. The highest BCUT2D eigenvalue weighted by molar-refractivity contribution is 6.33. The number of hydrogen-bond donors (Lipinski definition) is 3. The number of amidine groups is 1. The van der Waals surface area contributed by atoms with E-state index in [1.807, 2.05) is 37.3 Å². The third-order valence-electron chi connectivity index (χ3n) is 6.55. The molecule has 1 atom stereocenters. The van der Waals surface area contributed by atoms with Crippen LogP contribution in [0.15, 0.2) is 47.5 Å². The van der Waals surface area contributed by atoms with Gasteiger partial charge in [0.05, 0.1) is 17.6 Å². The monoisotopic (exact) mass is 485 g/mol. The summed E-state index contributed by atoms with van der Waals surface area (Å²) in [5.41, 5.74) is 10.4. The summed E-state index contributed by atoms with van der Waals surface area (Å²) in [7, 11) is 2.02. The first-order chi connectivity index (χ1) is 15.5. The summed E-state index contributed by atoms with van der Waals surface area (Å²) in [6.07, 6.45) is 5.35. The van der Waals surface area contributed by atoms with Crippen molar-refractivity contribution in [2.24, 2.45) is 18.7 Å². The molecule has 33 heavy (non-hydrogen) atoms. The molecule has 1 fully saturated rings. The van der Waals surface area contributed by atoms with Gasteiger partial charge in [0.15, 0.2) is 0 Å². The van der Waals surface area contributed by atoms with Crippen LogP contribution in [0, 0.1) is 11.3 Å². The number of hydrogen-bond acceptors (Lipinski definition) is 4. The van der Waals surface area contributed by atoms with Crippen molar-refractivity contribution in [1.82, 2.24) is 9.55 Å². The number of benzene rings is 2. The summed E-state index contributed by atoms with van der Waals surface area (Å²) in [4.78, 5) is 15.9. The standard InChI is InChI=1S/C25H28ClN5O.ClH/c1-31-23-11-8-18(21(13-19(26)15-32)16-4-2-3-5-16)12-22(23)30-24(31)14-29-20-9-6-17(7-10-20)25(27)28;/h6-12,16,21,29H,2-5,13-14H2,1H3,(H3,27,28);1H. The Morgan fingerprint density at radius 2 is 1.97 bits per heavy atom. The molecule has 4 N–H and O–H groups in total. The number of anilines is 1. The number of rotatable bonds is 8. The molecule has 0 bridgehead atoms. The molecule has 0 amide bonds. The van der Waals surface area contributed by atoms with Crippen LogP contribution < -0.4 is 11.1 Å². The van der Waals surface area contributed by atoms with E-state index in [0.717, 1.165) is 22.5 Å². The number of nitrogen functional groups attached to an aromatic ring is 1. The number of imidazole rings is 1. The SMILES string of the molecule is Cl.Cn1c(CNc2ccc(C(=N)N)cc2)nc2cc(C(CC(Cl)=C=O)C3CCCC3)ccc21. The van der Waals surface area contributed by atoms with Crippen molar-refractivity contribution in [1.29, 1.82) is 5.41 Å². The van der Waals surface area contributed by atoms with Crippen molar-refractivity contribution in [2.45, 2.75) is 44.6 Å². The van der Waals surface area contributed by atoms with Crippen molar-refractivity contribution < 1.29 is 4.79 Å². The molecule has 1 aromatic heterocycles. The highest BCUT2D eigenvalue weighted by atomic mass is 35.5. The van der Waals surface area contributed by atoms with E-state index in [1.165, 1.54) is 31.2 Å². The first kappa shape index (κ1) is 24.8. The number of nitrogens with two attached hydrogens (primary N) is 1. The second-order valence-corrected chi connectivity index (χ2v) is 9.00. The lowest BCUT2D eigenvalue weighted by Gasteiger charge is -2.23. The van der Waals surface area contributed by atoms with Crippen molar-refractivity contribution in [3.63, 3.8) is 0 Å². The van der Waals surface area contributed by atoms with Gasteiger partial charge in [-0.1, -0.05) is 30.5 Å². The summed E-state index contributed by atoms with van der Waals surface area (Å²) < 4.78 is 2.10. The van der Waals surface area contributed by atoms with Gasteiger partial charge in [0.1, 0.15) is 22.6 Å². The van der Waals surface area contributed by atoms with Gasteiger partial charge in [-0.25, -0.2) is 9.78 Å². The summed E-state index contributed by atoms with van der Waals surface area (Å²) in [5.74, 6) is 3.61. The van der Waals surface area contributed by atoms with Gasteiger partial charge in [-0.2, -0.15) is 0 Å². The van der Waals surface area contributed by atoms with Gasteiger partial charge in [-0.3, -0.25) is 5.41 Å². The Hall–Kier alpha value is -2.79. The molecule has 0 radical (unpaired) electrons. The molecular weight excluding hydrogens is 457 g/mol. The summed E-state index contributed by atoms with van der Waals surface area (Å²) >= 11 is 6.11. The van der Waals surface area contributed by atoms with Crippen molar-refractivity contribution >= 4 is 52.5 Å². The highest BCUT2D eigenvalue weighted by Crippen LogP contribution is 2.41. The maximum absolute atomic E-state index is 11.1. The topological polar surface area (TPSA) is 96.8 Å². The number of nitrogens with one attached hydrogen (secondary N) is 2. The first-order valence-corrected chi connectivity index (χ1v) is 11.4. The molecule has 1 aliphatic rings. The zero-order valence-electron chi connectivity index (χ0n) is 18.6. The number of allylic oxidation sites excluding steroid dienone is 1. The number of aryl methyl sites for hydroxylation is 1. The Labute approximate surface area is 205 Å². The molecule has 3 aromatic rings. The van der Waals surface area contributed by atoms with E-state index in [2.05, 4.69) is 28.1 Å². The minimum absolute atomic E-state index is 0. The molecular formula is C25H29Cl2N5O. The van der Waals surface area contributed by atoms with Crippen LogP contribution in [0.4, 0.5) is 5.69 Å². The summed E-state index contributed by atoms with van der Waals surface area (Å²) in [6, 6.07) is 13.9. The number of carbonyl (C=O) groups excluding carboxylic acids is 1. The zero-order valence-corrected chi connectivity index (χ0v) is 20.2. The van der Waals surface area contributed by atoms with E-state index >= 15 is 0 Å². The van der Waals surface area contributed by atoms with Crippen LogP contribution >= 0.6 is 24.0 Å². The minimum Gasteiger partial charge on any atom is -0.384 e. The fraction of sp³-hybridized carbons (Fsp3) is 0.360. The molecule has 1 heterocycles.